The third-order valence-corrected chi connectivity index (χ3v) is 4.68. The van der Waals surface area contributed by atoms with E-state index in [1.165, 1.54) is 25.7 Å². The van der Waals surface area contributed by atoms with E-state index in [2.05, 4.69) is 29.3 Å². The summed E-state index contributed by atoms with van der Waals surface area (Å²) < 4.78 is 5.50. The molecule has 3 rings (SSSR count). The standard InChI is InChI=1S/C14H23N3O/c1-9-3-5-11(6-4-9)13-16-14(18-17-13)12-7-8-15-10(12)2/h9-12,15H,3-8H2,1-2H3. The Morgan fingerprint density at radius 1 is 1.11 bits per heavy atom. The van der Waals surface area contributed by atoms with Gasteiger partial charge in [0.1, 0.15) is 0 Å². The van der Waals surface area contributed by atoms with Crippen LogP contribution < -0.4 is 5.32 Å². The van der Waals surface area contributed by atoms with Crippen molar-refractivity contribution in [3.63, 3.8) is 0 Å². The van der Waals surface area contributed by atoms with Crippen LogP contribution in [0.3, 0.4) is 0 Å². The van der Waals surface area contributed by atoms with Crippen molar-refractivity contribution in [2.75, 3.05) is 6.54 Å². The molecule has 1 saturated carbocycles. The molecule has 0 aromatic carbocycles. The van der Waals surface area contributed by atoms with E-state index in [4.69, 9.17) is 4.52 Å². The average molecular weight is 249 g/mol. The summed E-state index contributed by atoms with van der Waals surface area (Å²) in [5.74, 6) is 3.61. The fourth-order valence-electron chi connectivity index (χ4n) is 3.28. The summed E-state index contributed by atoms with van der Waals surface area (Å²) >= 11 is 0. The molecule has 4 nitrogen and oxygen atoms in total. The minimum Gasteiger partial charge on any atom is -0.339 e. The van der Waals surface area contributed by atoms with Crippen molar-refractivity contribution in [2.45, 2.75) is 63.8 Å². The van der Waals surface area contributed by atoms with E-state index in [1.54, 1.807) is 0 Å². The molecule has 1 aromatic heterocycles. The summed E-state index contributed by atoms with van der Waals surface area (Å²) in [5, 5.41) is 7.66. The molecule has 100 valence electrons. The first-order valence-corrected chi connectivity index (χ1v) is 7.31. The molecule has 2 heterocycles. The second-order valence-electron chi connectivity index (χ2n) is 6.09. The Bertz CT molecular complexity index is 395. The molecule has 1 saturated heterocycles. The van der Waals surface area contributed by atoms with Gasteiger partial charge in [-0.05, 0) is 38.6 Å². The number of hydrogen-bond acceptors (Lipinski definition) is 4. The molecular formula is C14H23N3O. The van der Waals surface area contributed by atoms with Crippen molar-refractivity contribution < 1.29 is 4.52 Å². The van der Waals surface area contributed by atoms with Crippen molar-refractivity contribution in [2.24, 2.45) is 5.92 Å². The number of nitrogens with one attached hydrogen (secondary N) is 1. The number of aromatic nitrogens is 2. The molecule has 1 aromatic rings. The third kappa shape index (κ3) is 2.30. The molecule has 0 amide bonds. The molecule has 1 aliphatic carbocycles. The molecule has 0 radical (unpaired) electrons. The lowest BCUT2D eigenvalue weighted by molar-refractivity contribution is 0.316. The molecule has 1 N–H and O–H groups in total. The first-order valence-electron chi connectivity index (χ1n) is 7.31. The van der Waals surface area contributed by atoms with E-state index in [-0.39, 0.29) is 0 Å². The zero-order valence-corrected chi connectivity index (χ0v) is 11.4. The second-order valence-corrected chi connectivity index (χ2v) is 6.09. The topological polar surface area (TPSA) is 51.0 Å². The first-order chi connectivity index (χ1) is 8.74. The third-order valence-electron chi connectivity index (χ3n) is 4.68. The second kappa shape index (κ2) is 5.00. The van der Waals surface area contributed by atoms with E-state index in [0.29, 0.717) is 17.9 Å². The van der Waals surface area contributed by atoms with Crippen molar-refractivity contribution in [3.05, 3.63) is 11.7 Å². The van der Waals surface area contributed by atoms with Gasteiger partial charge in [-0.2, -0.15) is 4.98 Å². The smallest absolute Gasteiger partial charge is 0.231 e. The largest absolute Gasteiger partial charge is 0.339 e. The summed E-state index contributed by atoms with van der Waals surface area (Å²) in [5.41, 5.74) is 0. The Balaban J connectivity index is 1.69. The van der Waals surface area contributed by atoms with Crippen LogP contribution in [-0.2, 0) is 0 Å². The highest BCUT2D eigenvalue weighted by atomic mass is 16.5. The minimum atomic E-state index is 0.411. The average Bonchev–Trinajstić information content (AvgIpc) is 2.98. The fourth-order valence-corrected chi connectivity index (χ4v) is 3.28. The predicted octanol–water partition coefficient (Wildman–Crippen LogP) is 2.83. The normalized spacial score (nSPS) is 37.0. The summed E-state index contributed by atoms with van der Waals surface area (Å²) in [6, 6.07) is 0.463. The maximum atomic E-state index is 5.50. The van der Waals surface area contributed by atoms with Gasteiger partial charge in [0.15, 0.2) is 5.82 Å². The maximum Gasteiger partial charge on any atom is 0.231 e. The van der Waals surface area contributed by atoms with E-state index in [1.807, 2.05) is 0 Å². The van der Waals surface area contributed by atoms with Crippen LogP contribution in [0.4, 0.5) is 0 Å². The van der Waals surface area contributed by atoms with Gasteiger partial charge in [0.25, 0.3) is 0 Å². The van der Waals surface area contributed by atoms with Crippen molar-refractivity contribution in [1.29, 1.82) is 0 Å². The van der Waals surface area contributed by atoms with Crippen LogP contribution in [-0.4, -0.2) is 22.7 Å². The molecule has 2 fully saturated rings. The van der Waals surface area contributed by atoms with Crippen LogP contribution >= 0.6 is 0 Å². The zero-order chi connectivity index (χ0) is 12.5. The molecular weight excluding hydrogens is 226 g/mol. The summed E-state index contributed by atoms with van der Waals surface area (Å²) in [6.07, 6.45) is 6.16. The first kappa shape index (κ1) is 12.2. The summed E-state index contributed by atoms with van der Waals surface area (Å²) in [7, 11) is 0. The van der Waals surface area contributed by atoms with Crippen LogP contribution in [0.1, 0.15) is 69.5 Å². The number of nitrogens with zero attached hydrogens (tertiary/aromatic N) is 2. The van der Waals surface area contributed by atoms with Gasteiger partial charge in [-0.15, -0.1) is 0 Å². The molecule has 0 bridgehead atoms. The molecule has 2 atom stereocenters. The van der Waals surface area contributed by atoms with Gasteiger partial charge >= 0.3 is 0 Å². The van der Waals surface area contributed by atoms with E-state index < -0.39 is 0 Å². The monoisotopic (exact) mass is 249 g/mol. The summed E-state index contributed by atoms with van der Waals surface area (Å²) in [6.45, 7) is 5.60. The van der Waals surface area contributed by atoms with Gasteiger partial charge in [0.2, 0.25) is 5.89 Å². The Morgan fingerprint density at radius 2 is 1.89 bits per heavy atom. The minimum absolute atomic E-state index is 0.411. The van der Waals surface area contributed by atoms with E-state index in [9.17, 15) is 0 Å². The van der Waals surface area contributed by atoms with Gasteiger partial charge in [0, 0.05) is 12.0 Å². The Morgan fingerprint density at radius 3 is 2.56 bits per heavy atom. The van der Waals surface area contributed by atoms with Crippen LogP contribution in [0, 0.1) is 5.92 Å². The molecule has 0 spiro atoms. The van der Waals surface area contributed by atoms with Gasteiger partial charge in [-0.25, -0.2) is 0 Å². The Hall–Kier alpha value is -0.900. The van der Waals surface area contributed by atoms with Crippen LogP contribution in [0.5, 0.6) is 0 Å². The molecule has 4 heteroatoms. The molecule has 18 heavy (non-hydrogen) atoms. The zero-order valence-electron chi connectivity index (χ0n) is 11.4. The molecule has 2 aliphatic rings. The maximum absolute atomic E-state index is 5.50. The lowest BCUT2D eigenvalue weighted by Crippen LogP contribution is -2.21. The lowest BCUT2D eigenvalue weighted by atomic mass is 9.83. The lowest BCUT2D eigenvalue weighted by Gasteiger charge is -2.23. The Kier molecular flexibility index (Phi) is 3.37. The number of hydrogen-bond donors (Lipinski definition) is 1. The molecule has 1 aliphatic heterocycles. The van der Waals surface area contributed by atoms with Gasteiger partial charge < -0.3 is 9.84 Å². The van der Waals surface area contributed by atoms with Gasteiger partial charge in [-0.3, -0.25) is 0 Å². The van der Waals surface area contributed by atoms with Crippen LogP contribution in [0.15, 0.2) is 4.52 Å². The highest BCUT2D eigenvalue weighted by Gasteiger charge is 2.31. The van der Waals surface area contributed by atoms with Gasteiger partial charge in [0.05, 0.1) is 5.92 Å². The highest BCUT2D eigenvalue weighted by Crippen LogP contribution is 2.35. The predicted molar refractivity (Wildman–Crippen MR) is 69.5 cm³/mol. The van der Waals surface area contributed by atoms with Crippen LogP contribution in [0.25, 0.3) is 0 Å². The summed E-state index contributed by atoms with van der Waals surface area (Å²) in [4.78, 5) is 4.67. The number of rotatable bonds is 2. The van der Waals surface area contributed by atoms with E-state index >= 15 is 0 Å². The molecule has 2 unspecified atom stereocenters. The quantitative estimate of drug-likeness (QED) is 0.875. The fraction of sp³-hybridized carbons (Fsp3) is 0.857. The van der Waals surface area contributed by atoms with Crippen molar-refractivity contribution >= 4 is 0 Å². The Labute approximate surface area is 109 Å². The highest BCUT2D eigenvalue weighted by molar-refractivity contribution is 5.05. The SMILES string of the molecule is CC1CCC(c2noc(C3CCNC3C)n2)CC1. The van der Waals surface area contributed by atoms with E-state index in [0.717, 1.165) is 30.6 Å². The van der Waals surface area contributed by atoms with Gasteiger partial charge in [-0.1, -0.05) is 24.9 Å². The van der Waals surface area contributed by atoms with Crippen LogP contribution in [0.2, 0.25) is 0 Å². The van der Waals surface area contributed by atoms with Crippen molar-refractivity contribution in [1.82, 2.24) is 15.5 Å². The van der Waals surface area contributed by atoms with Crippen molar-refractivity contribution in [3.8, 4) is 0 Å².